The maximum absolute atomic E-state index is 12.4. The van der Waals surface area contributed by atoms with Crippen LogP contribution >= 0.6 is 0 Å². The predicted molar refractivity (Wildman–Crippen MR) is 81.1 cm³/mol. The normalized spacial score (nSPS) is 36.0. The molecule has 7 heteroatoms. The van der Waals surface area contributed by atoms with Crippen LogP contribution in [-0.2, 0) is 14.3 Å². The van der Waals surface area contributed by atoms with Gasteiger partial charge in [-0.25, -0.2) is 0 Å². The van der Waals surface area contributed by atoms with Crippen LogP contribution in [0.25, 0.3) is 0 Å². The van der Waals surface area contributed by atoms with E-state index in [9.17, 15) is 19.7 Å². The molecular weight excluding hydrogens is 300 g/mol. The second-order valence-electron chi connectivity index (χ2n) is 7.17. The molecule has 23 heavy (non-hydrogen) atoms. The lowest BCUT2D eigenvalue weighted by molar-refractivity contribution is -0.497. The highest BCUT2D eigenvalue weighted by atomic mass is 16.6. The molecule has 1 heterocycles. The van der Waals surface area contributed by atoms with Crippen LogP contribution in [0.4, 0.5) is 0 Å². The molecule has 0 aromatic carbocycles. The number of hydrogen-bond acceptors (Lipinski definition) is 5. The van der Waals surface area contributed by atoms with Crippen LogP contribution in [0.1, 0.15) is 45.4 Å². The summed E-state index contributed by atoms with van der Waals surface area (Å²) in [5.41, 5.74) is 0. The first-order valence-corrected chi connectivity index (χ1v) is 8.58. The van der Waals surface area contributed by atoms with Gasteiger partial charge in [0.1, 0.15) is 5.92 Å². The molecule has 3 aliphatic rings. The fraction of sp³-hybridized carbons (Fsp3) is 0.875. The van der Waals surface area contributed by atoms with Gasteiger partial charge in [0.25, 0.3) is 5.91 Å². The molecule has 7 nitrogen and oxygen atoms in total. The van der Waals surface area contributed by atoms with Crippen molar-refractivity contribution >= 4 is 11.9 Å². The standard InChI is InChI=1S/C16H24N2O5/c1-10-6-7-17(13-5-3-2-4-11(10)13)15(19)9-23-16(20)12-8-14(12)18(21)22/h10-14H,2-9H2,1H3. The molecule has 128 valence electrons. The first-order valence-electron chi connectivity index (χ1n) is 8.58. The number of piperidine rings is 1. The van der Waals surface area contributed by atoms with Gasteiger partial charge in [-0.05, 0) is 31.1 Å². The summed E-state index contributed by atoms with van der Waals surface area (Å²) in [6, 6.07) is -0.553. The third-order valence-corrected chi connectivity index (χ3v) is 5.73. The first kappa shape index (κ1) is 16.2. The third-order valence-electron chi connectivity index (χ3n) is 5.73. The van der Waals surface area contributed by atoms with Gasteiger partial charge in [-0.3, -0.25) is 19.7 Å². The number of amides is 1. The highest BCUT2D eigenvalue weighted by molar-refractivity contribution is 5.83. The Kier molecular flexibility index (Phi) is 4.55. The van der Waals surface area contributed by atoms with E-state index in [-0.39, 0.29) is 25.0 Å². The number of nitrogens with zero attached hydrogens (tertiary/aromatic N) is 2. The fourth-order valence-electron chi connectivity index (χ4n) is 4.21. The van der Waals surface area contributed by atoms with E-state index < -0.39 is 22.9 Å². The second-order valence-corrected chi connectivity index (χ2v) is 7.17. The smallest absolute Gasteiger partial charge is 0.316 e. The summed E-state index contributed by atoms with van der Waals surface area (Å²) in [7, 11) is 0. The molecule has 0 aromatic rings. The van der Waals surface area contributed by atoms with Gasteiger partial charge in [0.05, 0.1) is 0 Å². The quantitative estimate of drug-likeness (QED) is 0.445. The van der Waals surface area contributed by atoms with Crippen molar-refractivity contribution in [1.82, 2.24) is 4.90 Å². The van der Waals surface area contributed by atoms with E-state index in [1.54, 1.807) is 0 Å². The number of ether oxygens (including phenoxy) is 1. The topological polar surface area (TPSA) is 89.8 Å². The fourth-order valence-corrected chi connectivity index (χ4v) is 4.21. The molecule has 0 spiro atoms. The molecule has 2 saturated carbocycles. The molecule has 0 bridgehead atoms. The van der Waals surface area contributed by atoms with Gasteiger partial charge in [-0.1, -0.05) is 19.8 Å². The zero-order chi connectivity index (χ0) is 16.6. The Balaban J connectivity index is 1.52. The van der Waals surface area contributed by atoms with E-state index in [0.717, 1.165) is 25.8 Å². The Morgan fingerprint density at radius 1 is 1.26 bits per heavy atom. The minimum absolute atomic E-state index is 0.152. The third kappa shape index (κ3) is 3.33. The molecule has 1 saturated heterocycles. The van der Waals surface area contributed by atoms with Gasteiger partial charge in [0.2, 0.25) is 6.04 Å². The molecular formula is C16H24N2O5. The van der Waals surface area contributed by atoms with E-state index in [1.165, 1.54) is 12.8 Å². The second kappa shape index (κ2) is 6.45. The molecule has 2 aliphatic carbocycles. The number of carbonyl (C=O) groups excluding carboxylic acids is 2. The van der Waals surface area contributed by atoms with Crippen LogP contribution in [0.3, 0.4) is 0 Å². The average molecular weight is 324 g/mol. The maximum atomic E-state index is 12.4. The summed E-state index contributed by atoms with van der Waals surface area (Å²) >= 11 is 0. The van der Waals surface area contributed by atoms with Gasteiger partial charge in [0, 0.05) is 23.9 Å². The van der Waals surface area contributed by atoms with Gasteiger partial charge < -0.3 is 9.64 Å². The van der Waals surface area contributed by atoms with Crippen LogP contribution in [0.2, 0.25) is 0 Å². The summed E-state index contributed by atoms with van der Waals surface area (Å²) in [5.74, 6) is -0.230. The number of hydrogen-bond donors (Lipinski definition) is 0. The van der Waals surface area contributed by atoms with Crippen molar-refractivity contribution in [3.05, 3.63) is 10.1 Å². The summed E-state index contributed by atoms with van der Waals surface area (Å²) in [6.45, 7) is 2.70. The largest absolute Gasteiger partial charge is 0.455 e. The maximum Gasteiger partial charge on any atom is 0.316 e. The van der Waals surface area contributed by atoms with Gasteiger partial charge in [-0.2, -0.15) is 0 Å². The Hall–Kier alpha value is -1.66. The van der Waals surface area contributed by atoms with E-state index in [0.29, 0.717) is 11.8 Å². The number of rotatable bonds is 4. The van der Waals surface area contributed by atoms with E-state index in [4.69, 9.17) is 4.74 Å². The Morgan fingerprint density at radius 3 is 2.70 bits per heavy atom. The van der Waals surface area contributed by atoms with Crippen LogP contribution in [0, 0.1) is 27.9 Å². The molecule has 0 aromatic heterocycles. The summed E-state index contributed by atoms with van der Waals surface area (Å²) in [5, 5.41) is 10.6. The van der Waals surface area contributed by atoms with E-state index >= 15 is 0 Å². The molecule has 1 aliphatic heterocycles. The molecule has 5 unspecified atom stereocenters. The minimum atomic E-state index is -0.823. The highest BCUT2D eigenvalue weighted by Gasteiger charge is 2.54. The molecule has 0 radical (unpaired) electrons. The van der Waals surface area contributed by atoms with Crippen LogP contribution in [0.15, 0.2) is 0 Å². The molecule has 5 atom stereocenters. The number of esters is 1. The van der Waals surface area contributed by atoms with Crippen molar-refractivity contribution in [2.24, 2.45) is 17.8 Å². The molecule has 0 N–H and O–H groups in total. The first-order chi connectivity index (χ1) is 11.0. The zero-order valence-corrected chi connectivity index (χ0v) is 13.5. The van der Waals surface area contributed by atoms with Gasteiger partial charge in [-0.15, -0.1) is 0 Å². The Morgan fingerprint density at radius 2 is 2.00 bits per heavy atom. The van der Waals surface area contributed by atoms with Crippen molar-refractivity contribution in [2.45, 2.75) is 57.5 Å². The van der Waals surface area contributed by atoms with Crippen LogP contribution in [0.5, 0.6) is 0 Å². The summed E-state index contributed by atoms with van der Waals surface area (Å²) < 4.78 is 5.03. The van der Waals surface area contributed by atoms with Gasteiger partial charge in [0.15, 0.2) is 6.61 Å². The number of likely N-dealkylation sites (tertiary alicyclic amines) is 1. The van der Waals surface area contributed by atoms with Crippen molar-refractivity contribution in [1.29, 1.82) is 0 Å². The lowest BCUT2D eigenvalue weighted by atomic mass is 9.72. The van der Waals surface area contributed by atoms with E-state index in [1.807, 2.05) is 4.90 Å². The monoisotopic (exact) mass is 324 g/mol. The van der Waals surface area contributed by atoms with E-state index in [2.05, 4.69) is 6.92 Å². The summed E-state index contributed by atoms with van der Waals surface area (Å²) in [6.07, 6.45) is 5.79. The number of fused-ring (bicyclic) bond motifs is 1. The van der Waals surface area contributed by atoms with Crippen molar-refractivity contribution in [3.8, 4) is 0 Å². The SMILES string of the molecule is CC1CCN(C(=O)COC(=O)C2CC2[N+](=O)[O-])C2CCCCC12. The molecule has 3 fully saturated rings. The van der Waals surface area contributed by atoms with Crippen molar-refractivity contribution < 1.29 is 19.2 Å². The van der Waals surface area contributed by atoms with Crippen molar-refractivity contribution in [3.63, 3.8) is 0 Å². The van der Waals surface area contributed by atoms with Gasteiger partial charge >= 0.3 is 5.97 Å². The average Bonchev–Trinajstić information content (AvgIpc) is 3.34. The summed E-state index contributed by atoms with van der Waals surface area (Å²) in [4.78, 5) is 36.2. The predicted octanol–water partition coefficient (Wildman–Crippen LogP) is 1.62. The minimum Gasteiger partial charge on any atom is -0.455 e. The molecule has 3 rings (SSSR count). The van der Waals surface area contributed by atoms with Crippen LogP contribution < -0.4 is 0 Å². The molecule has 1 amide bonds. The zero-order valence-electron chi connectivity index (χ0n) is 13.5. The number of carbonyl (C=O) groups is 2. The lowest BCUT2D eigenvalue weighted by Crippen LogP contribution is -2.53. The van der Waals surface area contributed by atoms with Crippen LogP contribution in [-0.4, -0.2) is 46.9 Å². The Bertz CT molecular complexity index is 509. The van der Waals surface area contributed by atoms with Crippen molar-refractivity contribution in [2.75, 3.05) is 13.2 Å². The number of nitro groups is 1. The Labute approximate surface area is 135 Å². The highest BCUT2D eigenvalue weighted by Crippen LogP contribution is 2.39. The lowest BCUT2D eigenvalue weighted by Gasteiger charge is -2.47.